The molecule has 76 valence electrons. The number of ether oxygens (including phenoxy) is 1. The second-order valence-corrected chi connectivity index (χ2v) is 2.80. The number of methoxy groups -OCH3 is 1. The van der Waals surface area contributed by atoms with Crippen LogP contribution in [0, 0.1) is 0 Å². The number of nitrogens with zero attached hydrogens (tertiary/aromatic N) is 3. The molecule has 0 aliphatic carbocycles. The molecule has 2 aromatic heterocycles. The van der Waals surface area contributed by atoms with Gasteiger partial charge in [0.25, 0.3) is 0 Å². The van der Waals surface area contributed by atoms with Crippen molar-refractivity contribution in [1.29, 1.82) is 0 Å². The maximum Gasteiger partial charge on any atom is 0.150 e. The van der Waals surface area contributed by atoms with Crippen molar-refractivity contribution in [3.63, 3.8) is 0 Å². The van der Waals surface area contributed by atoms with Crippen LogP contribution >= 0.6 is 0 Å². The number of pyridine rings is 1. The zero-order chi connectivity index (χ0) is 10.5. The van der Waals surface area contributed by atoms with Gasteiger partial charge in [-0.2, -0.15) is 0 Å². The minimum absolute atomic E-state index is 0.651. The molecule has 0 aliphatic heterocycles. The van der Waals surface area contributed by atoms with Crippen LogP contribution in [0.1, 0.15) is 0 Å². The Morgan fingerprint density at radius 3 is 2.73 bits per heavy atom. The van der Waals surface area contributed by atoms with Crippen molar-refractivity contribution < 1.29 is 4.74 Å². The Morgan fingerprint density at radius 2 is 2.00 bits per heavy atom. The fraction of sp³-hybridized carbons (Fsp3) is 0.100. The van der Waals surface area contributed by atoms with Crippen LogP contribution in [0.4, 0.5) is 11.6 Å². The van der Waals surface area contributed by atoms with E-state index in [1.165, 1.54) is 0 Å². The summed E-state index contributed by atoms with van der Waals surface area (Å²) in [6, 6.07) is 3.57. The molecule has 0 radical (unpaired) electrons. The molecule has 0 spiro atoms. The van der Waals surface area contributed by atoms with Crippen LogP contribution < -0.4 is 10.1 Å². The van der Waals surface area contributed by atoms with E-state index in [1.54, 1.807) is 44.0 Å². The topological polar surface area (TPSA) is 59.9 Å². The minimum Gasteiger partial charge on any atom is -0.497 e. The predicted molar refractivity (Wildman–Crippen MR) is 56.1 cm³/mol. The first-order valence-corrected chi connectivity index (χ1v) is 4.41. The lowest BCUT2D eigenvalue weighted by molar-refractivity contribution is 0.414. The van der Waals surface area contributed by atoms with Crippen LogP contribution in [-0.2, 0) is 0 Å². The van der Waals surface area contributed by atoms with Crippen molar-refractivity contribution in [2.75, 3.05) is 12.4 Å². The quantitative estimate of drug-likeness (QED) is 0.819. The molecule has 0 atom stereocenters. The molecular weight excluding hydrogens is 192 g/mol. The lowest BCUT2D eigenvalue weighted by Gasteiger charge is -2.05. The van der Waals surface area contributed by atoms with Crippen LogP contribution in [0.2, 0.25) is 0 Å². The number of hydrogen-bond acceptors (Lipinski definition) is 5. The van der Waals surface area contributed by atoms with E-state index < -0.39 is 0 Å². The first kappa shape index (κ1) is 9.39. The zero-order valence-electron chi connectivity index (χ0n) is 8.21. The van der Waals surface area contributed by atoms with Gasteiger partial charge in [-0.05, 0) is 6.07 Å². The fourth-order valence-electron chi connectivity index (χ4n) is 1.10. The van der Waals surface area contributed by atoms with Gasteiger partial charge in [0.1, 0.15) is 17.4 Å². The highest BCUT2D eigenvalue weighted by Crippen LogP contribution is 2.16. The van der Waals surface area contributed by atoms with E-state index in [4.69, 9.17) is 4.74 Å². The monoisotopic (exact) mass is 202 g/mol. The van der Waals surface area contributed by atoms with Gasteiger partial charge in [0.05, 0.1) is 13.3 Å². The first-order valence-electron chi connectivity index (χ1n) is 4.41. The van der Waals surface area contributed by atoms with Gasteiger partial charge < -0.3 is 10.1 Å². The van der Waals surface area contributed by atoms with Gasteiger partial charge in [-0.15, -0.1) is 0 Å². The summed E-state index contributed by atoms with van der Waals surface area (Å²) in [7, 11) is 1.61. The Bertz CT molecular complexity index is 432. The van der Waals surface area contributed by atoms with Crippen molar-refractivity contribution in [2.24, 2.45) is 0 Å². The van der Waals surface area contributed by atoms with Gasteiger partial charge in [0.15, 0.2) is 0 Å². The SMILES string of the molecule is COc1ccnc(Nc2cnccn2)c1. The van der Waals surface area contributed by atoms with Crippen molar-refractivity contribution in [1.82, 2.24) is 15.0 Å². The molecule has 0 aliphatic rings. The summed E-state index contributed by atoms with van der Waals surface area (Å²) in [6.45, 7) is 0. The third kappa shape index (κ3) is 2.40. The Kier molecular flexibility index (Phi) is 2.73. The van der Waals surface area contributed by atoms with Crippen molar-refractivity contribution >= 4 is 11.6 Å². The van der Waals surface area contributed by atoms with E-state index in [1.807, 2.05) is 0 Å². The Labute approximate surface area is 87.2 Å². The van der Waals surface area contributed by atoms with E-state index in [2.05, 4.69) is 20.3 Å². The van der Waals surface area contributed by atoms with E-state index in [0.29, 0.717) is 11.6 Å². The molecule has 0 aromatic carbocycles. The fourth-order valence-corrected chi connectivity index (χ4v) is 1.10. The average molecular weight is 202 g/mol. The van der Waals surface area contributed by atoms with Crippen LogP contribution in [0.25, 0.3) is 0 Å². The average Bonchev–Trinajstić information content (AvgIpc) is 2.31. The summed E-state index contributed by atoms with van der Waals surface area (Å²) in [5, 5.41) is 3.01. The van der Waals surface area contributed by atoms with E-state index in [0.717, 1.165) is 5.75 Å². The summed E-state index contributed by atoms with van der Waals surface area (Å²) >= 11 is 0. The lowest BCUT2D eigenvalue weighted by atomic mass is 10.4. The van der Waals surface area contributed by atoms with E-state index in [9.17, 15) is 0 Å². The molecule has 5 heteroatoms. The number of hydrogen-bond donors (Lipinski definition) is 1. The van der Waals surface area contributed by atoms with E-state index in [-0.39, 0.29) is 0 Å². The summed E-state index contributed by atoms with van der Waals surface area (Å²) in [4.78, 5) is 12.1. The molecular formula is C10H10N4O. The number of aromatic nitrogens is 3. The molecule has 2 aromatic rings. The van der Waals surface area contributed by atoms with Gasteiger partial charge in [-0.25, -0.2) is 9.97 Å². The molecule has 0 saturated carbocycles. The van der Waals surface area contributed by atoms with Crippen molar-refractivity contribution in [3.8, 4) is 5.75 Å². The summed E-state index contributed by atoms with van der Waals surface area (Å²) < 4.78 is 5.08. The van der Waals surface area contributed by atoms with Crippen LogP contribution in [0.15, 0.2) is 36.9 Å². The molecule has 1 N–H and O–H groups in total. The molecule has 0 amide bonds. The summed E-state index contributed by atoms with van der Waals surface area (Å²) in [6.07, 6.45) is 6.52. The van der Waals surface area contributed by atoms with Gasteiger partial charge in [-0.3, -0.25) is 4.98 Å². The maximum atomic E-state index is 5.08. The molecule has 2 heterocycles. The Morgan fingerprint density at radius 1 is 1.13 bits per heavy atom. The second-order valence-electron chi connectivity index (χ2n) is 2.80. The van der Waals surface area contributed by atoms with Crippen molar-refractivity contribution in [3.05, 3.63) is 36.9 Å². The third-order valence-corrected chi connectivity index (χ3v) is 1.79. The maximum absolute atomic E-state index is 5.08. The largest absolute Gasteiger partial charge is 0.497 e. The molecule has 0 unspecified atom stereocenters. The molecule has 15 heavy (non-hydrogen) atoms. The van der Waals surface area contributed by atoms with Gasteiger partial charge in [0.2, 0.25) is 0 Å². The van der Waals surface area contributed by atoms with Gasteiger partial charge >= 0.3 is 0 Å². The summed E-state index contributed by atoms with van der Waals surface area (Å²) in [5.74, 6) is 2.07. The first-order chi connectivity index (χ1) is 7.38. The highest BCUT2D eigenvalue weighted by Gasteiger charge is 1.98. The molecule has 5 nitrogen and oxygen atoms in total. The highest BCUT2D eigenvalue weighted by molar-refractivity contribution is 5.52. The Balaban J connectivity index is 2.17. The number of anilines is 2. The van der Waals surface area contributed by atoms with Crippen molar-refractivity contribution in [2.45, 2.75) is 0 Å². The summed E-state index contributed by atoms with van der Waals surface area (Å²) in [5.41, 5.74) is 0. The standard InChI is InChI=1S/C10H10N4O/c1-15-8-2-3-12-9(6-8)14-10-7-11-4-5-13-10/h2-7H,1H3,(H,12,13,14). The number of nitrogens with one attached hydrogen (secondary N) is 1. The normalized spacial score (nSPS) is 9.67. The third-order valence-electron chi connectivity index (χ3n) is 1.79. The smallest absolute Gasteiger partial charge is 0.150 e. The van der Waals surface area contributed by atoms with Gasteiger partial charge in [0, 0.05) is 24.7 Å². The molecule has 0 fully saturated rings. The lowest BCUT2D eigenvalue weighted by Crippen LogP contribution is -1.96. The Hall–Kier alpha value is -2.17. The second kappa shape index (κ2) is 4.36. The van der Waals surface area contributed by atoms with Crippen LogP contribution in [-0.4, -0.2) is 22.1 Å². The minimum atomic E-state index is 0.651. The van der Waals surface area contributed by atoms with Crippen LogP contribution in [0.3, 0.4) is 0 Å². The van der Waals surface area contributed by atoms with Crippen LogP contribution in [0.5, 0.6) is 5.75 Å². The van der Waals surface area contributed by atoms with E-state index >= 15 is 0 Å². The molecule has 0 bridgehead atoms. The highest BCUT2D eigenvalue weighted by atomic mass is 16.5. The molecule has 0 saturated heterocycles. The number of rotatable bonds is 3. The predicted octanol–water partition coefficient (Wildman–Crippen LogP) is 1.62. The molecule has 2 rings (SSSR count). The zero-order valence-corrected chi connectivity index (χ0v) is 8.21. The van der Waals surface area contributed by atoms with Gasteiger partial charge in [-0.1, -0.05) is 0 Å².